The number of nitrogens with one attached hydrogen (secondary N) is 1. The largest absolute Gasteiger partial charge is 0.395 e. The van der Waals surface area contributed by atoms with E-state index in [1.54, 1.807) is 0 Å². The van der Waals surface area contributed by atoms with E-state index in [0.29, 0.717) is 13.1 Å². The number of hydrogen-bond acceptors (Lipinski definition) is 4. The van der Waals surface area contributed by atoms with Gasteiger partial charge in [-0.15, -0.1) is 0 Å². The maximum absolute atomic E-state index is 9.02. The van der Waals surface area contributed by atoms with Gasteiger partial charge in [-0.2, -0.15) is 5.10 Å². The molecule has 0 aliphatic carbocycles. The highest BCUT2D eigenvalue weighted by Gasteiger charge is 2.09. The molecule has 0 spiro atoms. The van der Waals surface area contributed by atoms with Crippen LogP contribution in [0, 0.1) is 0 Å². The van der Waals surface area contributed by atoms with E-state index in [9.17, 15) is 0 Å². The van der Waals surface area contributed by atoms with E-state index in [-0.39, 0.29) is 6.61 Å². The smallest absolute Gasteiger partial charge is 0.0972 e. The maximum Gasteiger partial charge on any atom is 0.0972 e. The van der Waals surface area contributed by atoms with Gasteiger partial charge in [-0.05, 0) is 24.3 Å². The van der Waals surface area contributed by atoms with E-state index >= 15 is 0 Å². The second-order valence-electron chi connectivity index (χ2n) is 6.09. The second-order valence-corrected chi connectivity index (χ2v) is 6.09. The molecule has 3 aromatic rings. The zero-order valence-corrected chi connectivity index (χ0v) is 14.7. The van der Waals surface area contributed by atoms with Crippen molar-refractivity contribution in [2.45, 2.75) is 6.54 Å². The van der Waals surface area contributed by atoms with E-state index in [2.05, 4.69) is 53.0 Å². The summed E-state index contributed by atoms with van der Waals surface area (Å²) in [5.74, 6) is 0. The number of aromatic nitrogens is 2. The van der Waals surface area contributed by atoms with Crippen LogP contribution in [0.15, 0.2) is 60.8 Å². The van der Waals surface area contributed by atoms with Crippen molar-refractivity contribution in [1.29, 1.82) is 0 Å². The topological polar surface area (TPSA) is 53.3 Å². The van der Waals surface area contributed by atoms with Crippen LogP contribution in [0.25, 0.3) is 11.3 Å². The van der Waals surface area contributed by atoms with Crippen molar-refractivity contribution >= 4 is 11.4 Å². The summed E-state index contributed by atoms with van der Waals surface area (Å²) in [7, 11) is 3.92. The lowest BCUT2D eigenvalue weighted by molar-refractivity contribution is 0.304. The predicted molar refractivity (Wildman–Crippen MR) is 103 cm³/mol. The average Bonchev–Trinajstić information content (AvgIpc) is 3.02. The van der Waals surface area contributed by atoms with Crippen molar-refractivity contribution in [2.75, 3.05) is 30.4 Å². The highest BCUT2D eigenvalue weighted by Crippen LogP contribution is 2.23. The lowest BCUT2D eigenvalue weighted by Crippen LogP contribution is -2.20. The summed E-state index contributed by atoms with van der Waals surface area (Å²) >= 11 is 0. The third kappa shape index (κ3) is 4.19. The number of hydrogen-bond donors (Lipinski definition) is 2. The standard InChI is InChI=1S/C20H24N4O/c1-23(12-13-25)19-10-8-18(9-11-19)21-14-17-15-24(2)22-20(17)16-6-4-3-5-7-16/h3-11,15,21,25H,12-14H2,1-2H3. The molecule has 0 amide bonds. The minimum Gasteiger partial charge on any atom is -0.395 e. The average molecular weight is 336 g/mol. The Morgan fingerprint density at radius 2 is 1.80 bits per heavy atom. The number of benzene rings is 2. The molecule has 0 radical (unpaired) electrons. The molecule has 2 N–H and O–H groups in total. The van der Waals surface area contributed by atoms with Gasteiger partial charge in [-0.3, -0.25) is 4.68 Å². The minimum atomic E-state index is 0.153. The molecule has 0 unspecified atom stereocenters. The number of likely N-dealkylation sites (N-methyl/N-ethyl adjacent to an activating group) is 1. The van der Waals surface area contributed by atoms with Crippen LogP contribution in [0.1, 0.15) is 5.56 Å². The Kier molecular flexibility index (Phi) is 5.36. The first-order valence-electron chi connectivity index (χ1n) is 8.41. The molecule has 5 nitrogen and oxygen atoms in total. The van der Waals surface area contributed by atoms with Crippen molar-refractivity contribution in [3.63, 3.8) is 0 Å². The van der Waals surface area contributed by atoms with Gasteiger partial charge in [0.1, 0.15) is 0 Å². The van der Waals surface area contributed by atoms with Gasteiger partial charge in [0.2, 0.25) is 0 Å². The summed E-state index contributed by atoms with van der Waals surface area (Å²) in [6, 6.07) is 18.5. The lowest BCUT2D eigenvalue weighted by Gasteiger charge is -2.18. The van der Waals surface area contributed by atoms with Crippen LogP contribution >= 0.6 is 0 Å². The van der Waals surface area contributed by atoms with Gasteiger partial charge in [-0.25, -0.2) is 0 Å². The molecule has 2 aromatic carbocycles. The molecule has 25 heavy (non-hydrogen) atoms. The number of aliphatic hydroxyl groups excluding tert-OH is 1. The van der Waals surface area contributed by atoms with E-state index in [4.69, 9.17) is 5.11 Å². The second kappa shape index (κ2) is 7.85. The van der Waals surface area contributed by atoms with Gasteiger partial charge >= 0.3 is 0 Å². The van der Waals surface area contributed by atoms with Crippen LogP contribution in [0.5, 0.6) is 0 Å². The third-order valence-electron chi connectivity index (χ3n) is 4.18. The molecule has 1 heterocycles. The molecule has 3 rings (SSSR count). The minimum absolute atomic E-state index is 0.153. The van der Waals surface area contributed by atoms with Crippen LogP contribution < -0.4 is 10.2 Å². The van der Waals surface area contributed by atoms with Gasteiger partial charge in [0.15, 0.2) is 0 Å². The molecular formula is C20H24N4O. The van der Waals surface area contributed by atoms with Gasteiger partial charge in [0.05, 0.1) is 12.3 Å². The van der Waals surface area contributed by atoms with Crippen molar-refractivity contribution < 1.29 is 5.11 Å². The Morgan fingerprint density at radius 3 is 2.48 bits per heavy atom. The molecule has 0 aliphatic rings. The third-order valence-corrected chi connectivity index (χ3v) is 4.18. The summed E-state index contributed by atoms with van der Waals surface area (Å²) in [6.45, 7) is 1.49. The van der Waals surface area contributed by atoms with E-state index in [0.717, 1.165) is 28.2 Å². The van der Waals surface area contributed by atoms with Crippen molar-refractivity contribution in [1.82, 2.24) is 9.78 Å². The highest BCUT2D eigenvalue weighted by molar-refractivity contribution is 5.63. The Balaban J connectivity index is 1.70. The van der Waals surface area contributed by atoms with Crippen LogP contribution in [-0.2, 0) is 13.6 Å². The number of aliphatic hydroxyl groups is 1. The molecule has 0 atom stereocenters. The predicted octanol–water partition coefficient (Wildman–Crippen LogP) is 3.13. The van der Waals surface area contributed by atoms with Crippen molar-refractivity contribution in [3.8, 4) is 11.3 Å². The fourth-order valence-corrected chi connectivity index (χ4v) is 2.82. The number of aryl methyl sites for hydroxylation is 1. The molecule has 1 aromatic heterocycles. The molecule has 5 heteroatoms. The monoisotopic (exact) mass is 336 g/mol. The van der Waals surface area contributed by atoms with Gasteiger partial charge in [0.25, 0.3) is 0 Å². The molecule has 0 saturated carbocycles. The molecule has 0 aliphatic heterocycles. The van der Waals surface area contributed by atoms with Crippen molar-refractivity contribution in [2.24, 2.45) is 7.05 Å². The fourth-order valence-electron chi connectivity index (χ4n) is 2.82. The first kappa shape index (κ1) is 17.0. The normalized spacial score (nSPS) is 10.7. The number of anilines is 2. The van der Waals surface area contributed by atoms with Crippen LogP contribution in [0.2, 0.25) is 0 Å². The van der Waals surface area contributed by atoms with Gasteiger partial charge in [-0.1, -0.05) is 30.3 Å². The molecule has 0 saturated heterocycles. The molecule has 130 valence electrons. The number of nitrogens with zero attached hydrogens (tertiary/aromatic N) is 3. The molecule has 0 bridgehead atoms. The van der Waals surface area contributed by atoms with Crippen LogP contribution in [0.4, 0.5) is 11.4 Å². The maximum atomic E-state index is 9.02. The zero-order valence-electron chi connectivity index (χ0n) is 14.7. The Hall–Kier alpha value is -2.79. The molecular weight excluding hydrogens is 312 g/mol. The van der Waals surface area contributed by atoms with Gasteiger partial charge < -0.3 is 15.3 Å². The summed E-state index contributed by atoms with van der Waals surface area (Å²) in [6.07, 6.45) is 2.05. The van der Waals surface area contributed by atoms with E-state index in [1.165, 1.54) is 0 Å². The summed E-state index contributed by atoms with van der Waals surface area (Å²) in [5, 5.41) is 17.1. The molecule has 0 fully saturated rings. The quantitative estimate of drug-likeness (QED) is 0.696. The fraction of sp³-hybridized carbons (Fsp3) is 0.250. The zero-order chi connectivity index (χ0) is 17.6. The lowest BCUT2D eigenvalue weighted by atomic mass is 10.1. The van der Waals surface area contributed by atoms with Gasteiger partial charge in [0, 0.05) is 55.9 Å². The van der Waals surface area contributed by atoms with Crippen LogP contribution in [-0.4, -0.2) is 35.1 Å². The summed E-state index contributed by atoms with van der Waals surface area (Å²) in [5.41, 5.74) is 5.45. The summed E-state index contributed by atoms with van der Waals surface area (Å²) < 4.78 is 1.85. The highest BCUT2D eigenvalue weighted by atomic mass is 16.3. The first-order valence-corrected chi connectivity index (χ1v) is 8.41. The van der Waals surface area contributed by atoms with E-state index < -0.39 is 0 Å². The Labute approximate surface area is 148 Å². The first-order chi connectivity index (χ1) is 12.2. The Bertz CT molecular complexity index is 796. The van der Waals surface area contributed by atoms with Crippen LogP contribution in [0.3, 0.4) is 0 Å². The SMILES string of the molecule is CN(CCO)c1ccc(NCc2cn(C)nc2-c2ccccc2)cc1. The Morgan fingerprint density at radius 1 is 1.08 bits per heavy atom. The van der Waals surface area contributed by atoms with Crippen molar-refractivity contribution in [3.05, 3.63) is 66.4 Å². The van der Waals surface area contributed by atoms with E-state index in [1.807, 2.05) is 41.9 Å². The summed E-state index contributed by atoms with van der Waals surface area (Å²) in [4.78, 5) is 2.03. The number of rotatable bonds is 7.